The number of likely N-dealkylation sites (tertiary alicyclic amines) is 1. The van der Waals surface area contributed by atoms with Crippen LogP contribution in [0.3, 0.4) is 0 Å². The number of carboxylic acid groups (broad SMARTS) is 1. The number of carbonyl (C=O) groups is 2. The molecule has 0 radical (unpaired) electrons. The van der Waals surface area contributed by atoms with E-state index >= 15 is 0 Å². The summed E-state index contributed by atoms with van der Waals surface area (Å²) >= 11 is 0. The molecule has 0 aliphatic carbocycles. The number of alkyl halides is 3. The zero-order valence-corrected chi connectivity index (χ0v) is 20.9. The molecule has 3 rings (SSSR count). The molecule has 4 atom stereocenters. The van der Waals surface area contributed by atoms with E-state index in [9.17, 15) is 27.9 Å². The van der Waals surface area contributed by atoms with E-state index in [-0.39, 0.29) is 30.6 Å². The first-order chi connectivity index (χ1) is 16.8. The molecule has 1 N–H and O–H groups in total. The molecule has 4 unspecified atom stereocenters. The lowest BCUT2D eigenvalue weighted by atomic mass is 9.86. The third-order valence-corrected chi connectivity index (χ3v) is 6.61. The van der Waals surface area contributed by atoms with Crippen molar-refractivity contribution in [1.82, 2.24) is 14.8 Å². The molecule has 1 aromatic carbocycles. The van der Waals surface area contributed by atoms with Gasteiger partial charge in [0.25, 0.3) is 0 Å². The minimum atomic E-state index is -4.52. The summed E-state index contributed by atoms with van der Waals surface area (Å²) in [5, 5.41) is 10.2. The lowest BCUT2D eigenvalue weighted by Crippen LogP contribution is -2.54. The Balaban J connectivity index is 1.99. The summed E-state index contributed by atoms with van der Waals surface area (Å²) in [6, 6.07) is 8.70. The molecular weight excluding hydrogens is 475 g/mol. The second-order valence-electron chi connectivity index (χ2n) is 9.64. The molecule has 0 saturated carbocycles. The van der Waals surface area contributed by atoms with E-state index in [4.69, 9.17) is 4.74 Å². The van der Waals surface area contributed by atoms with Gasteiger partial charge in [-0.25, -0.2) is 14.6 Å². The first-order valence-electron chi connectivity index (χ1n) is 11.9. The van der Waals surface area contributed by atoms with Crippen molar-refractivity contribution in [3.63, 3.8) is 0 Å². The van der Waals surface area contributed by atoms with Gasteiger partial charge in [0.05, 0.1) is 18.2 Å². The zero-order chi connectivity index (χ0) is 26.8. The highest BCUT2D eigenvalue weighted by Gasteiger charge is 2.54. The van der Waals surface area contributed by atoms with Crippen LogP contribution in [0.25, 0.3) is 0 Å². The van der Waals surface area contributed by atoms with Crippen molar-refractivity contribution in [2.24, 2.45) is 11.8 Å². The highest BCUT2D eigenvalue weighted by Crippen LogP contribution is 2.46. The Hall–Kier alpha value is -3.30. The number of hydrogen-bond acceptors (Lipinski definition) is 4. The Kier molecular flexibility index (Phi) is 8.15. The van der Waals surface area contributed by atoms with Crippen LogP contribution >= 0.6 is 0 Å². The summed E-state index contributed by atoms with van der Waals surface area (Å²) in [5.41, 5.74) is -0.140. The summed E-state index contributed by atoms with van der Waals surface area (Å²) in [6.07, 6.45) is -3.82. The van der Waals surface area contributed by atoms with Crippen LogP contribution in [-0.4, -0.2) is 56.6 Å². The number of aliphatic carboxylic acids is 1. The van der Waals surface area contributed by atoms with Gasteiger partial charge >= 0.3 is 18.2 Å². The van der Waals surface area contributed by atoms with Crippen molar-refractivity contribution in [3.8, 4) is 5.88 Å². The summed E-state index contributed by atoms with van der Waals surface area (Å²) in [7, 11) is 0. The highest BCUT2D eigenvalue weighted by molar-refractivity contribution is 5.84. The van der Waals surface area contributed by atoms with Gasteiger partial charge in [-0.2, -0.15) is 13.2 Å². The molecule has 7 nitrogen and oxygen atoms in total. The molecule has 36 heavy (non-hydrogen) atoms. The maximum Gasteiger partial charge on any atom is 0.417 e. The van der Waals surface area contributed by atoms with Gasteiger partial charge in [0, 0.05) is 30.3 Å². The van der Waals surface area contributed by atoms with E-state index in [2.05, 4.69) is 4.98 Å². The van der Waals surface area contributed by atoms with Gasteiger partial charge in [0.2, 0.25) is 5.88 Å². The molecule has 1 aromatic heterocycles. The predicted octanol–water partition coefficient (Wildman–Crippen LogP) is 5.48. The molecule has 1 aliphatic heterocycles. The van der Waals surface area contributed by atoms with Crippen LogP contribution in [0.5, 0.6) is 5.88 Å². The van der Waals surface area contributed by atoms with Crippen LogP contribution in [0.1, 0.15) is 51.8 Å². The third kappa shape index (κ3) is 5.57. The molecule has 0 spiro atoms. The number of benzene rings is 1. The Morgan fingerprint density at radius 3 is 2.17 bits per heavy atom. The molecular formula is C26H32F3N3O4. The average Bonchev–Trinajstić information content (AvgIpc) is 3.09. The predicted molar refractivity (Wildman–Crippen MR) is 127 cm³/mol. The topological polar surface area (TPSA) is 83.0 Å². The normalized spacial score (nSPS) is 22.2. The average molecular weight is 508 g/mol. The van der Waals surface area contributed by atoms with Crippen LogP contribution in [0, 0.1) is 11.8 Å². The summed E-state index contributed by atoms with van der Waals surface area (Å²) < 4.78 is 44.4. The Morgan fingerprint density at radius 1 is 1.08 bits per heavy atom. The SMILES string of the molecule is CC1C(COc2ccc(C(F)(F)F)cn2)C(c2ccccc2)N(C(=O)N(C(C)C)C(C)C)C1C(=O)O. The fourth-order valence-electron chi connectivity index (χ4n) is 5.02. The fourth-order valence-corrected chi connectivity index (χ4v) is 5.02. The molecule has 196 valence electrons. The number of aromatic nitrogens is 1. The number of hydrogen-bond donors (Lipinski definition) is 1. The molecule has 1 fully saturated rings. The number of carboxylic acids is 1. The molecule has 2 heterocycles. The largest absolute Gasteiger partial charge is 0.480 e. The second kappa shape index (κ2) is 10.8. The van der Waals surface area contributed by atoms with Crippen molar-refractivity contribution >= 4 is 12.0 Å². The van der Waals surface area contributed by atoms with Gasteiger partial charge in [-0.1, -0.05) is 37.3 Å². The van der Waals surface area contributed by atoms with Gasteiger partial charge in [-0.05, 0) is 45.2 Å². The molecule has 0 bridgehead atoms. The Bertz CT molecular complexity index is 1040. The molecule has 1 aliphatic rings. The quantitative estimate of drug-likeness (QED) is 0.537. The van der Waals surface area contributed by atoms with E-state index < -0.39 is 41.6 Å². The number of nitrogens with zero attached hydrogens (tertiary/aromatic N) is 3. The number of amides is 2. The molecule has 10 heteroatoms. The number of ether oxygens (including phenoxy) is 1. The highest BCUT2D eigenvalue weighted by atomic mass is 19.4. The van der Waals surface area contributed by atoms with Crippen LogP contribution in [0.15, 0.2) is 48.7 Å². The summed E-state index contributed by atoms with van der Waals surface area (Å²) in [4.78, 5) is 33.1. The fraction of sp³-hybridized carbons (Fsp3) is 0.500. The Morgan fingerprint density at radius 2 is 1.69 bits per heavy atom. The number of pyridine rings is 1. The van der Waals surface area contributed by atoms with Crippen molar-refractivity contribution in [3.05, 3.63) is 59.8 Å². The smallest absolute Gasteiger partial charge is 0.417 e. The number of halogens is 3. The van der Waals surface area contributed by atoms with Crippen molar-refractivity contribution in [2.75, 3.05) is 6.61 Å². The van der Waals surface area contributed by atoms with E-state index in [0.717, 1.165) is 17.7 Å². The third-order valence-electron chi connectivity index (χ3n) is 6.61. The van der Waals surface area contributed by atoms with Gasteiger partial charge < -0.3 is 19.6 Å². The van der Waals surface area contributed by atoms with Crippen molar-refractivity contribution in [2.45, 2.75) is 65.0 Å². The summed E-state index contributed by atoms with van der Waals surface area (Å²) in [6.45, 7) is 9.23. The number of urea groups is 1. The standard InChI is InChI=1S/C26H32F3N3O4/c1-15(2)31(16(3)4)25(35)32-22(24(33)34)17(5)20(23(32)18-9-7-6-8-10-18)14-36-21-12-11-19(13-30-21)26(27,28)29/h6-13,15-17,20,22-23H,14H2,1-5H3,(H,33,34). The minimum Gasteiger partial charge on any atom is -0.480 e. The van der Waals surface area contributed by atoms with Gasteiger partial charge in [0.15, 0.2) is 0 Å². The van der Waals surface area contributed by atoms with Gasteiger partial charge in [-0.3, -0.25) is 0 Å². The molecule has 2 amide bonds. The number of rotatable bonds is 7. The van der Waals surface area contributed by atoms with E-state index in [0.29, 0.717) is 6.20 Å². The van der Waals surface area contributed by atoms with Crippen LogP contribution < -0.4 is 4.74 Å². The maximum atomic E-state index is 13.9. The summed E-state index contributed by atoms with van der Waals surface area (Å²) in [5.74, 6) is -2.10. The minimum absolute atomic E-state index is 0.00958. The number of carbonyl (C=O) groups excluding carboxylic acids is 1. The van der Waals surface area contributed by atoms with Crippen LogP contribution in [0.4, 0.5) is 18.0 Å². The van der Waals surface area contributed by atoms with E-state index in [1.54, 1.807) is 11.8 Å². The molecule has 1 saturated heterocycles. The second-order valence-corrected chi connectivity index (χ2v) is 9.64. The van der Waals surface area contributed by atoms with E-state index in [1.807, 2.05) is 58.0 Å². The van der Waals surface area contributed by atoms with Gasteiger partial charge in [0.1, 0.15) is 6.04 Å². The van der Waals surface area contributed by atoms with Crippen LogP contribution in [-0.2, 0) is 11.0 Å². The van der Waals surface area contributed by atoms with Crippen molar-refractivity contribution < 1.29 is 32.6 Å². The first kappa shape index (κ1) is 27.3. The van der Waals surface area contributed by atoms with Gasteiger partial charge in [-0.15, -0.1) is 0 Å². The first-order valence-corrected chi connectivity index (χ1v) is 11.9. The lowest BCUT2D eigenvalue weighted by molar-refractivity contribution is -0.143. The van der Waals surface area contributed by atoms with Crippen molar-refractivity contribution in [1.29, 1.82) is 0 Å². The van der Waals surface area contributed by atoms with Crippen LogP contribution in [0.2, 0.25) is 0 Å². The lowest BCUT2D eigenvalue weighted by Gasteiger charge is -2.39. The zero-order valence-electron chi connectivity index (χ0n) is 20.9. The monoisotopic (exact) mass is 507 g/mol. The maximum absolute atomic E-state index is 13.9. The molecule has 2 aromatic rings. The Labute approximate surface area is 208 Å². The van der Waals surface area contributed by atoms with E-state index in [1.165, 1.54) is 4.90 Å².